The number of rotatable bonds is 3. The Morgan fingerprint density at radius 2 is 2.08 bits per heavy atom. The van der Waals surface area contributed by atoms with Crippen LogP contribution < -0.4 is 4.90 Å². The summed E-state index contributed by atoms with van der Waals surface area (Å²) >= 11 is 0. The summed E-state index contributed by atoms with van der Waals surface area (Å²) in [4.78, 5) is 28.6. The molecule has 1 saturated heterocycles. The van der Waals surface area contributed by atoms with Crippen molar-refractivity contribution in [3.8, 4) is 11.1 Å². The van der Waals surface area contributed by atoms with Crippen molar-refractivity contribution in [3.63, 3.8) is 0 Å². The fourth-order valence-corrected chi connectivity index (χ4v) is 3.11. The van der Waals surface area contributed by atoms with Crippen molar-refractivity contribution in [1.29, 1.82) is 0 Å². The van der Waals surface area contributed by atoms with Gasteiger partial charge in [-0.15, -0.1) is 0 Å². The first-order valence-corrected chi connectivity index (χ1v) is 8.33. The lowest BCUT2D eigenvalue weighted by Gasteiger charge is -2.33. The van der Waals surface area contributed by atoms with Crippen LogP contribution in [0.4, 0.5) is 5.69 Å². The van der Waals surface area contributed by atoms with E-state index in [2.05, 4.69) is 5.10 Å². The van der Waals surface area contributed by atoms with Gasteiger partial charge in [-0.25, -0.2) is 0 Å². The Kier molecular flexibility index (Phi) is 4.04. The summed E-state index contributed by atoms with van der Waals surface area (Å²) in [5.74, 6) is -0.252. The molecule has 2 amide bonds. The van der Waals surface area contributed by atoms with Gasteiger partial charge in [0.05, 0.1) is 24.4 Å². The van der Waals surface area contributed by atoms with E-state index in [0.29, 0.717) is 18.7 Å². The zero-order chi connectivity index (χ0) is 18.1. The molecule has 3 heterocycles. The summed E-state index contributed by atoms with van der Waals surface area (Å²) in [5, 5.41) is 4.10. The first kappa shape index (κ1) is 16.1. The molecule has 2 aromatic heterocycles. The zero-order valence-corrected chi connectivity index (χ0v) is 14.3. The topological polar surface area (TPSA) is 71.6 Å². The minimum Gasteiger partial charge on any atom is -0.472 e. The van der Waals surface area contributed by atoms with Crippen LogP contribution in [0.3, 0.4) is 0 Å². The number of nitrogens with zero attached hydrogens (tertiary/aromatic N) is 4. The van der Waals surface area contributed by atoms with Crippen molar-refractivity contribution in [1.82, 2.24) is 14.7 Å². The maximum Gasteiger partial charge on any atom is 0.254 e. The molecular weight excluding hydrogens is 332 g/mol. The Hall–Kier alpha value is -3.35. The van der Waals surface area contributed by atoms with Crippen LogP contribution in [-0.4, -0.2) is 46.1 Å². The van der Waals surface area contributed by atoms with Crippen LogP contribution in [0.15, 0.2) is 59.7 Å². The summed E-state index contributed by atoms with van der Waals surface area (Å²) in [5.41, 5.74) is 3.14. The van der Waals surface area contributed by atoms with E-state index in [1.165, 1.54) is 0 Å². The van der Waals surface area contributed by atoms with Crippen LogP contribution in [0.1, 0.15) is 10.4 Å². The lowest BCUT2D eigenvalue weighted by molar-refractivity contribution is -0.120. The largest absolute Gasteiger partial charge is 0.472 e. The van der Waals surface area contributed by atoms with Gasteiger partial charge in [0, 0.05) is 37.5 Å². The SMILES string of the molecule is Cn1cc(N2CCN(C(=O)c3cccc(-c4ccoc4)c3)CC2=O)cn1. The number of carbonyl (C=O) groups excluding carboxylic acids is 2. The minimum atomic E-state index is -0.144. The van der Waals surface area contributed by atoms with E-state index in [1.807, 2.05) is 24.3 Å². The van der Waals surface area contributed by atoms with Crippen molar-refractivity contribution in [2.75, 3.05) is 24.5 Å². The van der Waals surface area contributed by atoms with E-state index in [1.54, 1.807) is 52.5 Å². The molecule has 3 aromatic rings. The number of carbonyl (C=O) groups is 2. The van der Waals surface area contributed by atoms with E-state index in [4.69, 9.17) is 4.42 Å². The normalized spacial score (nSPS) is 14.7. The Bertz CT molecular complexity index is 945. The van der Waals surface area contributed by atoms with Gasteiger partial charge in [-0.05, 0) is 23.8 Å². The fourth-order valence-electron chi connectivity index (χ4n) is 3.11. The molecule has 0 unspecified atom stereocenters. The average Bonchev–Trinajstić information content (AvgIpc) is 3.33. The minimum absolute atomic E-state index is 0.0592. The molecule has 7 heteroatoms. The maximum absolute atomic E-state index is 12.8. The highest BCUT2D eigenvalue weighted by molar-refractivity contribution is 6.02. The number of anilines is 1. The smallest absolute Gasteiger partial charge is 0.254 e. The first-order chi connectivity index (χ1) is 12.6. The molecule has 0 N–H and O–H groups in total. The molecule has 1 fully saturated rings. The van der Waals surface area contributed by atoms with Crippen molar-refractivity contribution >= 4 is 17.5 Å². The Labute approximate surface area is 150 Å². The molecule has 132 valence electrons. The molecule has 26 heavy (non-hydrogen) atoms. The number of hydrogen-bond donors (Lipinski definition) is 0. The van der Waals surface area contributed by atoms with Gasteiger partial charge in [0.1, 0.15) is 6.54 Å². The van der Waals surface area contributed by atoms with E-state index < -0.39 is 0 Å². The average molecular weight is 350 g/mol. The van der Waals surface area contributed by atoms with Gasteiger partial charge in [0.2, 0.25) is 5.91 Å². The van der Waals surface area contributed by atoms with Crippen molar-refractivity contribution < 1.29 is 14.0 Å². The lowest BCUT2D eigenvalue weighted by Crippen LogP contribution is -2.52. The number of furan rings is 1. The Morgan fingerprint density at radius 1 is 1.19 bits per heavy atom. The third-order valence-electron chi connectivity index (χ3n) is 4.47. The van der Waals surface area contributed by atoms with Gasteiger partial charge >= 0.3 is 0 Å². The van der Waals surface area contributed by atoms with Gasteiger partial charge in [0.25, 0.3) is 5.91 Å². The third kappa shape index (κ3) is 2.99. The molecule has 7 nitrogen and oxygen atoms in total. The van der Waals surface area contributed by atoms with E-state index in [-0.39, 0.29) is 18.4 Å². The second kappa shape index (κ2) is 6.51. The molecule has 1 aliphatic rings. The number of aromatic nitrogens is 2. The van der Waals surface area contributed by atoms with Crippen molar-refractivity contribution in [2.24, 2.45) is 7.05 Å². The maximum atomic E-state index is 12.8. The first-order valence-electron chi connectivity index (χ1n) is 8.33. The Balaban J connectivity index is 1.50. The molecule has 1 aromatic carbocycles. The predicted octanol–water partition coefficient (Wildman–Crippen LogP) is 2.17. The zero-order valence-electron chi connectivity index (χ0n) is 14.3. The van der Waals surface area contributed by atoms with Gasteiger partial charge in [0.15, 0.2) is 0 Å². The summed E-state index contributed by atoms with van der Waals surface area (Å²) in [6, 6.07) is 9.20. The number of benzene rings is 1. The number of hydrogen-bond acceptors (Lipinski definition) is 4. The highest BCUT2D eigenvalue weighted by atomic mass is 16.3. The molecule has 1 aliphatic heterocycles. The second-order valence-corrected chi connectivity index (χ2v) is 6.24. The van der Waals surface area contributed by atoms with Crippen LogP contribution in [0, 0.1) is 0 Å². The summed E-state index contributed by atoms with van der Waals surface area (Å²) in [6.07, 6.45) is 6.69. The molecule has 0 radical (unpaired) electrons. The van der Waals surface area contributed by atoms with Crippen LogP contribution in [-0.2, 0) is 11.8 Å². The van der Waals surface area contributed by atoms with Crippen molar-refractivity contribution in [3.05, 3.63) is 60.8 Å². The van der Waals surface area contributed by atoms with Gasteiger partial charge in [-0.3, -0.25) is 14.3 Å². The Morgan fingerprint density at radius 3 is 2.77 bits per heavy atom. The molecule has 0 saturated carbocycles. The monoisotopic (exact) mass is 350 g/mol. The lowest BCUT2D eigenvalue weighted by atomic mass is 10.0. The molecule has 0 aliphatic carbocycles. The number of aryl methyl sites for hydroxylation is 1. The number of amides is 2. The standard InChI is InChI=1S/C19H18N4O3/c1-21-11-17(10-20-21)23-7-6-22(12-18(23)24)19(25)15-4-2-3-14(9-15)16-5-8-26-13-16/h2-5,8-11,13H,6-7,12H2,1H3. The van der Waals surface area contributed by atoms with Gasteiger partial charge < -0.3 is 14.2 Å². The highest BCUT2D eigenvalue weighted by Gasteiger charge is 2.29. The molecular formula is C19H18N4O3. The molecule has 0 atom stereocenters. The molecule has 0 bridgehead atoms. The molecule has 4 rings (SSSR count). The number of piperazine rings is 1. The summed E-state index contributed by atoms with van der Waals surface area (Å²) < 4.78 is 6.76. The molecule has 0 spiro atoms. The van der Waals surface area contributed by atoms with E-state index in [9.17, 15) is 9.59 Å². The van der Waals surface area contributed by atoms with E-state index >= 15 is 0 Å². The summed E-state index contributed by atoms with van der Waals surface area (Å²) in [6.45, 7) is 0.997. The second-order valence-electron chi connectivity index (χ2n) is 6.24. The van der Waals surface area contributed by atoms with Crippen LogP contribution >= 0.6 is 0 Å². The van der Waals surface area contributed by atoms with Crippen LogP contribution in [0.25, 0.3) is 11.1 Å². The quantitative estimate of drug-likeness (QED) is 0.726. The van der Waals surface area contributed by atoms with E-state index in [0.717, 1.165) is 16.8 Å². The van der Waals surface area contributed by atoms with Crippen LogP contribution in [0.5, 0.6) is 0 Å². The summed E-state index contributed by atoms with van der Waals surface area (Å²) in [7, 11) is 1.81. The van der Waals surface area contributed by atoms with Crippen LogP contribution in [0.2, 0.25) is 0 Å². The van der Waals surface area contributed by atoms with Gasteiger partial charge in [-0.2, -0.15) is 5.10 Å². The van der Waals surface area contributed by atoms with Gasteiger partial charge in [-0.1, -0.05) is 12.1 Å². The third-order valence-corrected chi connectivity index (χ3v) is 4.47. The fraction of sp³-hybridized carbons (Fsp3) is 0.211. The van der Waals surface area contributed by atoms with Crippen molar-refractivity contribution in [2.45, 2.75) is 0 Å². The predicted molar refractivity (Wildman–Crippen MR) is 95.6 cm³/mol. The highest BCUT2D eigenvalue weighted by Crippen LogP contribution is 2.22.